The Kier molecular flexibility index (Phi) is 3.93. The van der Waals surface area contributed by atoms with Gasteiger partial charge in [-0.15, -0.1) is 11.3 Å². The van der Waals surface area contributed by atoms with Gasteiger partial charge in [0.1, 0.15) is 0 Å². The van der Waals surface area contributed by atoms with Crippen molar-refractivity contribution in [3.8, 4) is 0 Å². The summed E-state index contributed by atoms with van der Waals surface area (Å²) in [5.74, 6) is -0.256. The number of thiazole rings is 1. The van der Waals surface area contributed by atoms with E-state index in [9.17, 15) is 4.79 Å². The lowest BCUT2D eigenvalue weighted by Gasteiger charge is -2.33. The molecule has 1 aromatic heterocycles. The van der Waals surface area contributed by atoms with Gasteiger partial charge in [0.05, 0.1) is 6.54 Å². The Balaban J connectivity index is 1.77. The molecule has 94 valence electrons. The van der Waals surface area contributed by atoms with Crippen LogP contribution in [0, 0.1) is 0 Å². The van der Waals surface area contributed by atoms with Crippen molar-refractivity contribution in [2.24, 2.45) is 5.73 Å². The molecular weight excluding hydrogens is 238 g/mol. The average molecular weight is 255 g/mol. The summed E-state index contributed by atoms with van der Waals surface area (Å²) in [6, 6.07) is 0. The Morgan fingerprint density at radius 1 is 1.35 bits per heavy atom. The molecule has 4 N–H and O–H groups in total. The molecule has 0 saturated carbocycles. The summed E-state index contributed by atoms with van der Waals surface area (Å²) in [6.07, 6.45) is 1.83. The highest BCUT2D eigenvalue weighted by molar-refractivity contribution is 7.15. The first-order valence-electron chi connectivity index (χ1n) is 5.56. The molecule has 0 bridgehead atoms. The molecule has 1 aliphatic heterocycles. The SMILES string of the molecule is NC(=O)CN1CCN(Cc2cnc(N)s2)CC1. The number of carbonyl (C=O) groups is 1. The maximum absolute atomic E-state index is 10.8. The lowest BCUT2D eigenvalue weighted by atomic mass is 10.3. The summed E-state index contributed by atoms with van der Waals surface area (Å²) in [4.78, 5) is 20.4. The van der Waals surface area contributed by atoms with Crippen LogP contribution in [-0.2, 0) is 11.3 Å². The number of rotatable bonds is 4. The molecule has 0 unspecified atom stereocenters. The topological polar surface area (TPSA) is 88.5 Å². The first-order valence-corrected chi connectivity index (χ1v) is 6.38. The van der Waals surface area contributed by atoms with Crippen LogP contribution >= 0.6 is 11.3 Å². The molecule has 2 rings (SSSR count). The maximum Gasteiger partial charge on any atom is 0.231 e. The number of anilines is 1. The number of nitrogen functional groups attached to an aromatic ring is 1. The summed E-state index contributed by atoms with van der Waals surface area (Å²) < 4.78 is 0. The van der Waals surface area contributed by atoms with Crippen molar-refractivity contribution in [1.29, 1.82) is 0 Å². The molecule has 6 nitrogen and oxygen atoms in total. The van der Waals surface area contributed by atoms with E-state index in [1.807, 2.05) is 6.20 Å². The minimum Gasteiger partial charge on any atom is -0.375 e. The van der Waals surface area contributed by atoms with Gasteiger partial charge in [-0.1, -0.05) is 0 Å². The van der Waals surface area contributed by atoms with Crippen molar-refractivity contribution < 1.29 is 4.79 Å². The van der Waals surface area contributed by atoms with Crippen LogP contribution in [0.3, 0.4) is 0 Å². The van der Waals surface area contributed by atoms with E-state index in [4.69, 9.17) is 11.5 Å². The maximum atomic E-state index is 10.8. The van der Waals surface area contributed by atoms with E-state index in [0.717, 1.165) is 32.7 Å². The molecule has 0 spiro atoms. The van der Waals surface area contributed by atoms with Crippen LogP contribution in [0.5, 0.6) is 0 Å². The van der Waals surface area contributed by atoms with Crippen LogP contribution in [0.2, 0.25) is 0 Å². The Bertz CT molecular complexity index is 386. The molecule has 0 atom stereocenters. The van der Waals surface area contributed by atoms with Gasteiger partial charge in [-0.25, -0.2) is 4.98 Å². The van der Waals surface area contributed by atoms with Crippen molar-refractivity contribution in [2.45, 2.75) is 6.54 Å². The zero-order chi connectivity index (χ0) is 12.3. The summed E-state index contributed by atoms with van der Waals surface area (Å²) in [7, 11) is 0. The molecule has 1 aromatic rings. The summed E-state index contributed by atoms with van der Waals surface area (Å²) in [5, 5.41) is 0.618. The van der Waals surface area contributed by atoms with Crippen LogP contribution in [0.25, 0.3) is 0 Å². The Labute approximate surface area is 104 Å². The van der Waals surface area contributed by atoms with Crippen LogP contribution in [0.4, 0.5) is 5.13 Å². The second-order valence-corrected chi connectivity index (χ2v) is 5.33. The number of hydrogen-bond acceptors (Lipinski definition) is 6. The van der Waals surface area contributed by atoms with Crippen molar-refractivity contribution in [2.75, 3.05) is 38.5 Å². The zero-order valence-corrected chi connectivity index (χ0v) is 10.4. The van der Waals surface area contributed by atoms with E-state index >= 15 is 0 Å². The number of carbonyl (C=O) groups excluding carboxylic acids is 1. The molecule has 2 heterocycles. The standard InChI is InChI=1S/C10H17N5OS/c11-9(16)7-15-3-1-14(2-4-15)6-8-5-13-10(12)17-8/h5H,1-4,6-7H2,(H2,11,16)(H2,12,13). The monoisotopic (exact) mass is 255 g/mol. The predicted molar refractivity (Wildman–Crippen MR) is 67.4 cm³/mol. The number of aromatic nitrogens is 1. The van der Waals surface area contributed by atoms with Crippen LogP contribution in [0.15, 0.2) is 6.20 Å². The van der Waals surface area contributed by atoms with E-state index in [1.165, 1.54) is 16.2 Å². The third-order valence-corrected chi connectivity index (χ3v) is 3.61. The van der Waals surface area contributed by atoms with Crippen molar-refractivity contribution >= 4 is 22.4 Å². The number of primary amides is 1. The van der Waals surface area contributed by atoms with Gasteiger partial charge in [0.2, 0.25) is 5.91 Å². The van der Waals surface area contributed by atoms with Crippen molar-refractivity contribution in [3.05, 3.63) is 11.1 Å². The third-order valence-electron chi connectivity index (χ3n) is 2.80. The lowest BCUT2D eigenvalue weighted by molar-refractivity contribution is -0.119. The second-order valence-electron chi connectivity index (χ2n) is 4.18. The second kappa shape index (κ2) is 5.44. The van der Waals surface area contributed by atoms with Gasteiger partial charge in [0.25, 0.3) is 0 Å². The van der Waals surface area contributed by atoms with E-state index in [-0.39, 0.29) is 5.91 Å². The summed E-state index contributed by atoms with van der Waals surface area (Å²) in [6.45, 7) is 4.92. The van der Waals surface area contributed by atoms with Crippen molar-refractivity contribution in [1.82, 2.24) is 14.8 Å². The first kappa shape index (κ1) is 12.3. The fraction of sp³-hybridized carbons (Fsp3) is 0.600. The van der Waals surface area contributed by atoms with Gasteiger partial charge >= 0.3 is 0 Å². The molecule has 1 aliphatic rings. The van der Waals surface area contributed by atoms with Crippen LogP contribution in [-0.4, -0.2) is 53.4 Å². The fourth-order valence-electron chi connectivity index (χ4n) is 1.94. The molecule has 1 saturated heterocycles. The predicted octanol–water partition coefficient (Wildman–Crippen LogP) is -0.672. The van der Waals surface area contributed by atoms with Gasteiger partial charge < -0.3 is 11.5 Å². The average Bonchev–Trinajstić information content (AvgIpc) is 2.66. The molecule has 0 radical (unpaired) electrons. The Hall–Kier alpha value is -1.18. The van der Waals surface area contributed by atoms with Gasteiger partial charge in [-0.05, 0) is 0 Å². The normalized spacial score (nSPS) is 18.4. The summed E-state index contributed by atoms with van der Waals surface area (Å²) >= 11 is 1.53. The molecule has 7 heteroatoms. The molecule has 17 heavy (non-hydrogen) atoms. The molecule has 0 aliphatic carbocycles. The van der Waals surface area contributed by atoms with Gasteiger partial charge in [-0.3, -0.25) is 14.6 Å². The van der Waals surface area contributed by atoms with Gasteiger partial charge in [0.15, 0.2) is 5.13 Å². The minimum atomic E-state index is -0.256. The Morgan fingerprint density at radius 2 is 2.00 bits per heavy atom. The van der Waals surface area contributed by atoms with Crippen LogP contribution in [0.1, 0.15) is 4.88 Å². The number of nitrogens with two attached hydrogens (primary N) is 2. The smallest absolute Gasteiger partial charge is 0.231 e. The third kappa shape index (κ3) is 3.65. The lowest BCUT2D eigenvalue weighted by Crippen LogP contribution is -2.48. The molecule has 0 aromatic carbocycles. The van der Waals surface area contributed by atoms with E-state index in [1.54, 1.807) is 0 Å². The number of amides is 1. The van der Waals surface area contributed by atoms with Crippen molar-refractivity contribution in [3.63, 3.8) is 0 Å². The van der Waals surface area contributed by atoms with Gasteiger partial charge in [-0.2, -0.15) is 0 Å². The molecule has 1 fully saturated rings. The highest BCUT2D eigenvalue weighted by Gasteiger charge is 2.18. The first-order chi connectivity index (χ1) is 8.13. The fourth-order valence-corrected chi connectivity index (χ4v) is 2.67. The highest BCUT2D eigenvalue weighted by Crippen LogP contribution is 2.17. The van der Waals surface area contributed by atoms with E-state index in [0.29, 0.717) is 11.7 Å². The summed E-state index contributed by atoms with van der Waals surface area (Å²) in [5.41, 5.74) is 10.8. The zero-order valence-electron chi connectivity index (χ0n) is 9.63. The number of nitrogens with zero attached hydrogens (tertiary/aromatic N) is 3. The Morgan fingerprint density at radius 3 is 2.53 bits per heavy atom. The largest absolute Gasteiger partial charge is 0.375 e. The number of piperazine rings is 1. The van der Waals surface area contributed by atoms with Crippen LogP contribution < -0.4 is 11.5 Å². The minimum absolute atomic E-state index is 0.256. The number of hydrogen-bond donors (Lipinski definition) is 2. The van der Waals surface area contributed by atoms with E-state index in [2.05, 4.69) is 14.8 Å². The van der Waals surface area contributed by atoms with Gasteiger partial charge in [0, 0.05) is 43.8 Å². The quantitative estimate of drug-likeness (QED) is 0.745. The highest BCUT2D eigenvalue weighted by atomic mass is 32.1. The molecule has 1 amide bonds. The molecular formula is C10H17N5OS. The van der Waals surface area contributed by atoms with E-state index < -0.39 is 0 Å².